The van der Waals surface area contributed by atoms with Crippen molar-refractivity contribution >= 4 is 21.7 Å². The van der Waals surface area contributed by atoms with Crippen LogP contribution in [-0.2, 0) is 0 Å². The van der Waals surface area contributed by atoms with Gasteiger partial charge in [-0.3, -0.25) is 4.79 Å². The summed E-state index contributed by atoms with van der Waals surface area (Å²) in [7, 11) is 0. The molecule has 0 N–H and O–H groups in total. The third-order valence-electron chi connectivity index (χ3n) is 3.02. The van der Waals surface area contributed by atoms with Crippen molar-refractivity contribution in [3.63, 3.8) is 0 Å². The molecule has 20 heavy (non-hydrogen) atoms. The van der Waals surface area contributed by atoms with E-state index in [1.54, 1.807) is 18.2 Å². The molecule has 0 aliphatic carbocycles. The monoisotopic (exact) mass is 331 g/mol. The van der Waals surface area contributed by atoms with E-state index in [2.05, 4.69) is 15.9 Å². The van der Waals surface area contributed by atoms with Crippen LogP contribution in [0, 0.1) is 17.1 Å². The Balaban J connectivity index is 2.37. The summed E-state index contributed by atoms with van der Waals surface area (Å²) >= 11 is 3.05. The first-order valence-corrected chi connectivity index (χ1v) is 6.84. The fourth-order valence-corrected chi connectivity index (χ4v) is 2.24. The van der Waals surface area contributed by atoms with Gasteiger partial charge in [-0.05, 0) is 33.6 Å². The van der Waals surface area contributed by atoms with Crippen LogP contribution in [0.1, 0.15) is 28.3 Å². The molecule has 1 unspecified atom stereocenters. The standard InChI is InChI=1S/C16H11BrFNO/c17-14-7-6-12(10-15(14)18)16(20)13(8-9-19)11-4-2-1-3-5-11/h1-7,10,13H,8H2. The largest absolute Gasteiger partial charge is 0.293 e. The summed E-state index contributed by atoms with van der Waals surface area (Å²) in [5, 5.41) is 8.91. The Bertz CT molecular complexity index is 664. The maximum atomic E-state index is 13.5. The lowest BCUT2D eigenvalue weighted by Gasteiger charge is -2.13. The van der Waals surface area contributed by atoms with Crippen molar-refractivity contribution < 1.29 is 9.18 Å². The molecular formula is C16H11BrFNO. The fraction of sp³-hybridized carbons (Fsp3) is 0.125. The first kappa shape index (κ1) is 14.4. The highest BCUT2D eigenvalue weighted by atomic mass is 79.9. The minimum atomic E-state index is -0.568. The Morgan fingerprint density at radius 3 is 2.55 bits per heavy atom. The maximum Gasteiger partial charge on any atom is 0.171 e. The van der Waals surface area contributed by atoms with E-state index in [4.69, 9.17) is 5.26 Å². The minimum absolute atomic E-state index is 0.0700. The molecule has 0 amide bonds. The number of halogens is 2. The second-order valence-corrected chi connectivity index (χ2v) is 5.17. The number of benzene rings is 2. The van der Waals surface area contributed by atoms with Gasteiger partial charge in [-0.1, -0.05) is 36.4 Å². The average molecular weight is 332 g/mol. The van der Waals surface area contributed by atoms with Crippen LogP contribution in [0.5, 0.6) is 0 Å². The molecule has 0 aliphatic heterocycles. The Kier molecular flexibility index (Phi) is 4.65. The van der Waals surface area contributed by atoms with E-state index >= 15 is 0 Å². The highest BCUT2D eigenvalue weighted by Crippen LogP contribution is 2.26. The zero-order valence-electron chi connectivity index (χ0n) is 10.5. The van der Waals surface area contributed by atoms with E-state index in [-0.39, 0.29) is 17.8 Å². The van der Waals surface area contributed by atoms with Gasteiger partial charge in [0.05, 0.1) is 16.5 Å². The number of hydrogen-bond acceptors (Lipinski definition) is 2. The summed E-state index contributed by atoms with van der Waals surface area (Å²) in [6.07, 6.45) is 0.0700. The van der Waals surface area contributed by atoms with Gasteiger partial charge >= 0.3 is 0 Å². The predicted octanol–water partition coefficient (Wildman–Crippen LogP) is 4.47. The van der Waals surface area contributed by atoms with Crippen LogP contribution in [0.15, 0.2) is 53.0 Å². The molecule has 0 aromatic heterocycles. The van der Waals surface area contributed by atoms with Crippen LogP contribution in [0.4, 0.5) is 4.39 Å². The van der Waals surface area contributed by atoms with Gasteiger partial charge in [-0.15, -0.1) is 0 Å². The molecule has 0 spiro atoms. The van der Waals surface area contributed by atoms with Crippen molar-refractivity contribution in [3.8, 4) is 6.07 Å². The smallest absolute Gasteiger partial charge is 0.171 e. The molecule has 2 rings (SSSR count). The highest BCUT2D eigenvalue weighted by Gasteiger charge is 2.22. The van der Waals surface area contributed by atoms with E-state index in [9.17, 15) is 9.18 Å². The van der Waals surface area contributed by atoms with E-state index in [0.717, 1.165) is 5.56 Å². The second kappa shape index (κ2) is 6.44. The molecule has 0 saturated heterocycles. The minimum Gasteiger partial charge on any atom is -0.293 e. The molecule has 0 saturated carbocycles. The Morgan fingerprint density at radius 2 is 1.95 bits per heavy atom. The number of ketones is 1. The van der Waals surface area contributed by atoms with E-state index in [0.29, 0.717) is 4.47 Å². The van der Waals surface area contributed by atoms with Gasteiger partial charge in [0.25, 0.3) is 0 Å². The number of Topliss-reactive ketones (excluding diaryl/α,β-unsaturated/α-hetero) is 1. The average Bonchev–Trinajstić information content (AvgIpc) is 2.48. The van der Waals surface area contributed by atoms with Crippen LogP contribution in [-0.4, -0.2) is 5.78 Å². The lowest BCUT2D eigenvalue weighted by molar-refractivity contribution is 0.0960. The number of nitrogens with zero attached hydrogens (tertiary/aromatic N) is 1. The molecule has 1 atom stereocenters. The van der Waals surface area contributed by atoms with E-state index in [1.807, 2.05) is 24.3 Å². The normalized spacial score (nSPS) is 11.7. The number of rotatable bonds is 4. The second-order valence-electron chi connectivity index (χ2n) is 4.32. The van der Waals surface area contributed by atoms with Crippen molar-refractivity contribution in [1.82, 2.24) is 0 Å². The molecule has 2 aromatic rings. The quantitative estimate of drug-likeness (QED) is 0.775. The van der Waals surface area contributed by atoms with Gasteiger partial charge in [0.1, 0.15) is 5.82 Å². The number of nitriles is 1. The van der Waals surface area contributed by atoms with Crippen molar-refractivity contribution in [1.29, 1.82) is 5.26 Å². The molecule has 0 heterocycles. The van der Waals surface area contributed by atoms with Gasteiger partial charge in [-0.2, -0.15) is 5.26 Å². The van der Waals surface area contributed by atoms with Crippen molar-refractivity contribution in [2.45, 2.75) is 12.3 Å². The number of hydrogen-bond donors (Lipinski definition) is 0. The molecule has 0 fully saturated rings. The number of carbonyl (C=O) groups is 1. The summed E-state index contributed by atoms with van der Waals surface area (Å²) in [6.45, 7) is 0. The first-order chi connectivity index (χ1) is 9.63. The van der Waals surface area contributed by atoms with Crippen molar-refractivity contribution in [2.24, 2.45) is 0 Å². The molecule has 0 bridgehead atoms. The lowest BCUT2D eigenvalue weighted by atomic mass is 9.88. The Morgan fingerprint density at radius 1 is 1.25 bits per heavy atom. The molecule has 2 nitrogen and oxygen atoms in total. The summed E-state index contributed by atoms with van der Waals surface area (Å²) in [5.41, 5.74) is 1.04. The third kappa shape index (κ3) is 3.12. The van der Waals surface area contributed by atoms with Crippen LogP contribution in [0.2, 0.25) is 0 Å². The van der Waals surface area contributed by atoms with Gasteiger partial charge in [0.15, 0.2) is 5.78 Å². The van der Waals surface area contributed by atoms with Crippen LogP contribution < -0.4 is 0 Å². The molecule has 100 valence electrons. The summed E-state index contributed by atoms with van der Waals surface area (Å²) in [5.74, 6) is -1.30. The van der Waals surface area contributed by atoms with Crippen molar-refractivity contribution in [3.05, 3.63) is 69.9 Å². The molecular weight excluding hydrogens is 321 g/mol. The van der Waals surface area contributed by atoms with Crippen LogP contribution in [0.25, 0.3) is 0 Å². The van der Waals surface area contributed by atoms with Gasteiger partial charge in [-0.25, -0.2) is 4.39 Å². The topological polar surface area (TPSA) is 40.9 Å². The Labute approximate surface area is 125 Å². The molecule has 4 heteroatoms. The van der Waals surface area contributed by atoms with Crippen molar-refractivity contribution in [2.75, 3.05) is 0 Å². The van der Waals surface area contributed by atoms with E-state index in [1.165, 1.54) is 12.1 Å². The zero-order valence-corrected chi connectivity index (χ0v) is 12.1. The number of carbonyl (C=O) groups excluding carboxylic acids is 1. The molecule has 0 radical (unpaired) electrons. The zero-order chi connectivity index (χ0) is 14.5. The van der Waals surface area contributed by atoms with Crippen LogP contribution >= 0.6 is 15.9 Å². The highest BCUT2D eigenvalue weighted by molar-refractivity contribution is 9.10. The SMILES string of the molecule is N#CCC(C(=O)c1ccc(Br)c(F)c1)c1ccccc1. The van der Waals surface area contributed by atoms with E-state index < -0.39 is 11.7 Å². The van der Waals surface area contributed by atoms with Gasteiger partial charge in [0, 0.05) is 12.0 Å². The summed E-state index contributed by atoms with van der Waals surface area (Å²) in [4.78, 5) is 12.5. The predicted molar refractivity (Wildman–Crippen MR) is 77.8 cm³/mol. The first-order valence-electron chi connectivity index (χ1n) is 6.04. The maximum absolute atomic E-state index is 13.5. The van der Waals surface area contributed by atoms with Gasteiger partial charge < -0.3 is 0 Å². The summed E-state index contributed by atoms with van der Waals surface area (Å²) < 4.78 is 13.8. The Hall–Kier alpha value is -1.99. The van der Waals surface area contributed by atoms with Crippen LogP contribution in [0.3, 0.4) is 0 Å². The third-order valence-corrected chi connectivity index (χ3v) is 3.66. The van der Waals surface area contributed by atoms with Gasteiger partial charge in [0.2, 0.25) is 0 Å². The summed E-state index contributed by atoms with van der Waals surface area (Å²) in [6, 6.07) is 15.3. The fourth-order valence-electron chi connectivity index (χ4n) is 1.99. The lowest BCUT2D eigenvalue weighted by Crippen LogP contribution is -2.13. The molecule has 2 aromatic carbocycles. The molecule has 0 aliphatic rings.